The predicted molar refractivity (Wildman–Crippen MR) is 80.4 cm³/mol. The van der Waals surface area contributed by atoms with Crippen LogP contribution in [0.25, 0.3) is 0 Å². The van der Waals surface area contributed by atoms with Gasteiger partial charge in [-0.1, -0.05) is 25.1 Å². The summed E-state index contributed by atoms with van der Waals surface area (Å²) in [7, 11) is 0. The van der Waals surface area contributed by atoms with Crippen LogP contribution in [0.4, 0.5) is 0 Å². The van der Waals surface area contributed by atoms with Crippen LogP contribution in [0.5, 0.6) is 0 Å². The number of hydrogen-bond donors (Lipinski definition) is 1. The molecule has 0 saturated heterocycles. The van der Waals surface area contributed by atoms with Crippen molar-refractivity contribution < 1.29 is 0 Å². The second-order valence-electron chi connectivity index (χ2n) is 4.51. The molecule has 0 aliphatic carbocycles. The first-order valence-corrected chi connectivity index (χ1v) is 8.67. The maximum atomic E-state index is 3.72. The molecule has 0 saturated carbocycles. The molecule has 3 heteroatoms. The van der Waals surface area contributed by atoms with Crippen LogP contribution in [0.1, 0.15) is 24.8 Å². The Kier molecular flexibility index (Phi) is 5.26. The maximum Gasteiger partial charge on any atom is 0.0155 e. The Morgan fingerprint density at radius 3 is 3.06 bits per heavy atom. The number of thioether (sulfide) groups is 2. The van der Waals surface area contributed by atoms with Crippen LogP contribution in [-0.2, 0) is 0 Å². The highest BCUT2D eigenvalue weighted by atomic mass is 32.2. The summed E-state index contributed by atoms with van der Waals surface area (Å²) >= 11 is 3.94. The quantitative estimate of drug-likeness (QED) is 0.845. The minimum absolute atomic E-state index is 0.669. The molecule has 1 aliphatic heterocycles. The van der Waals surface area contributed by atoms with Crippen LogP contribution in [0.2, 0.25) is 0 Å². The van der Waals surface area contributed by atoms with E-state index in [1.54, 1.807) is 5.56 Å². The third kappa shape index (κ3) is 3.43. The van der Waals surface area contributed by atoms with Crippen LogP contribution in [0.15, 0.2) is 29.2 Å². The molecular weight excluding hydrogens is 246 g/mol. The molecule has 1 aromatic rings. The lowest BCUT2D eigenvalue weighted by atomic mass is 10.0. The van der Waals surface area contributed by atoms with Gasteiger partial charge in [0, 0.05) is 34.9 Å². The summed E-state index contributed by atoms with van der Waals surface area (Å²) in [5, 5.41) is 3.72. The molecule has 0 spiro atoms. The summed E-state index contributed by atoms with van der Waals surface area (Å²) in [6.07, 6.45) is 3.41. The van der Waals surface area contributed by atoms with E-state index in [1.807, 2.05) is 23.5 Å². The van der Waals surface area contributed by atoms with Crippen molar-refractivity contribution in [1.82, 2.24) is 5.32 Å². The number of rotatable bonds is 6. The Labute approximate surface area is 113 Å². The smallest absolute Gasteiger partial charge is 0.0155 e. The van der Waals surface area contributed by atoms with E-state index in [2.05, 4.69) is 42.8 Å². The van der Waals surface area contributed by atoms with Gasteiger partial charge in [0.15, 0.2) is 0 Å². The molecular formula is C14H21NS2. The second kappa shape index (κ2) is 6.72. The fourth-order valence-corrected chi connectivity index (χ4v) is 4.24. The fraction of sp³-hybridized carbons (Fsp3) is 0.571. The number of benzene rings is 1. The molecule has 0 fully saturated rings. The Bertz CT molecular complexity index is 354. The van der Waals surface area contributed by atoms with E-state index < -0.39 is 0 Å². The van der Waals surface area contributed by atoms with E-state index >= 15 is 0 Å². The molecule has 94 valence electrons. The molecule has 1 aliphatic rings. The maximum absolute atomic E-state index is 3.72. The lowest BCUT2D eigenvalue weighted by molar-refractivity contribution is 0.516. The largest absolute Gasteiger partial charge is 0.313 e. The highest BCUT2D eigenvalue weighted by Gasteiger charge is 2.22. The van der Waals surface area contributed by atoms with Gasteiger partial charge in [-0.05, 0) is 24.3 Å². The molecule has 1 N–H and O–H groups in total. The van der Waals surface area contributed by atoms with Gasteiger partial charge >= 0.3 is 0 Å². The summed E-state index contributed by atoms with van der Waals surface area (Å²) in [4.78, 5) is 1.48. The molecule has 1 aromatic carbocycles. The molecule has 0 radical (unpaired) electrons. The molecule has 0 aromatic heterocycles. The normalized spacial score (nSPS) is 20.2. The van der Waals surface area contributed by atoms with Gasteiger partial charge < -0.3 is 5.32 Å². The number of hydrogen-bond acceptors (Lipinski definition) is 3. The van der Waals surface area contributed by atoms with Gasteiger partial charge in [0.05, 0.1) is 0 Å². The Morgan fingerprint density at radius 2 is 2.29 bits per heavy atom. The van der Waals surface area contributed by atoms with Crippen molar-refractivity contribution in [2.24, 2.45) is 0 Å². The first-order valence-electron chi connectivity index (χ1n) is 6.29. The van der Waals surface area contributed by atoms with Gasteiger partial charge in [-0.3, -0.25) is 0 Å². The zero-order valence-corrected chi connectivity index (χ0v) is 12.2. The van der Waals surface area contributed by atoms with Crippen molar-refractivity contribution in [3.05, 3.63) is 29.8 Å². The average Bonchev–Trinajstić information content (AvgIpc) is 2.78. The van der Waals surface area contributed by atoms with Crippen LogP contribution in [0.3, 0.4) is 0 Å². The predicted octanol–water partition coefficient (Wildman–Crippen LogP) is 3.61. The van der Waals surface area contributed by atoms with Crippen LogP contribution >= 0.6 is 23.5 Å². The van der Waals surface area contributed by atoms with Crippen molar-refractivity contribution >= 4 is 23.5 Å². The Morgan fingerprint density at radius 1 is 1.47 bits per heavy atom. The van der Waals surface area contributed by atoms with Crippen molar-refractivity contribution in [3.8, 4) is 0 Å². The molecule has 0 bridgehead atoms. The molecule has 0 amide bonds. The summed E-state index contributed by atoms with van der Waals surface area (Å²) in [6.45, 7) is 3.40. The van der Waals surface area contributed by atoms with Crippen molar-refractivity contribution in [3.63, 3.8) is 0 Å². The van der Waals surface area contributed by atoms with Crippen molar-refractivity contribution in [1.29, 1.82) is 0 Å². The second-order valence-corrected chi connectivity index (χ2v) is 6.49. The zero-order chi connectivity index (χ0) is 12.1. The zero-order valence-electron chi connectivity index (χ0n) is 10.6. The number of nitrogens with one attached hydrogen (secondary N) is 1. The molecule has 1 nitrogen and oxygen atoms in total. The topological polar surface area (TPSA) is 12.0 Å². The van der Waals surface area contributed by atoms with Crippen molar-refractivity contribution in [2.75, 3.05) is 24.3 Å². The van der Waals surface area contributed by atoms with Gasteiger partial charge in [-0.2, -0.15) is 11.8 Å². The van der Waals surface area contributed by atoms with E-state index in [1.165, 1.54) is 22.8 Å². The highest BCUT2D eigenvalue weighted by molar-refractivity contribution is 7.99. The molecule has 17 heavy (non-hydrogen) atoms. The minimum atomic E-state index is 0.669. The molecule has 2 rings (SSSR count). The Balaban J connectivity index is 1.89. The lowest BCUT2D eigenvalue weighted by Crippen LogP contribution is -2.34. The summed E-state index contributed by atoms with van der Waals surface area (Å²) in [5.41, 5.74) is 1.55. The molecule has 2 atom stereocenters. The van der Waals surface area contributed by atoms with Gasteiger partial charge in [0.2, 0.25) is 0 Å². The lowest BCUT2D eigenvalue weighted by Gasteiger charge is -2.19. The van der Waals surface area contributed by atoms with Crippen LogP contribution < -0.4 is 5.32 Å². The summed E-state index contributed by atoms with van der Waals surface area (Å²) < 4.78 is 0. The average molecular weight is 267 g/mol. The highest BCUT2D eigenvalue weighted by Crippen LogP contribution is 2.38. The first-order chi connectivity index (χ1) is 8.35. The van der Waals surface area contributed by atoms with Crippen LogP contribution in [0, 0.1) is 0 Å². The first kappa shape index (κ1) is 13.3. The molecule has 2 unspecified atom stereocenters. The third-order valence-corrected chi connectivity index (χ3v) is 5.30. The third-order valence-electron chi connectivity index (χ3n) is 3.31. The number of fused-ring (bicyclic) bond motifs is 1. The van der Waals surface area contributed by atoms with E-state index in [0.29, 0.717) is 12.0 Å². The SMILES string of the molecule is CCC(CSC)NCC1CSc2ccccc21. The van der Waals surface area contributed by atoms with Crippen LogP contribution in [-0.4, -0.2) is 30.3 Å². The minimum Gasteiger partial charge on any atom is -0.313 e. The van der Waals surface area contributed by atoms with Crippen molar-refractivity contribution in [2.45, 2.75) is 30.2 Å². The summed E-state index contributed by atoms with van der Waals surface area (Å²) in [5.74, 6) is 3.16. The molecule has 1 heterocycles. The van der Waals surface area contributed by atoms with Gasteiger partial charge in [-0.15, -0.1) is 11.8 Å². The summed E-state index contributed by atoms with van der Waals surface area (Å²) in [6, 6.07) is 9.51. The fourth-order valence-electron chi connectivity index (χ4n) is 2.23. The van der Waals surface area contributed by atoms with Gasteiger partial charge in [0.25, 0.3) is 0 Å². The van der Waals surface area contributed by atoms with E-state index in [0.717, 1.165) is 6.54 Å². The van der Waals surface area contributed by atoms with Gasteiger partial charge in [0.1, 0.15) is 0 Å². The van der Waals surface area contributed by atoms with Gasteiger partial charge in [-0.25, -0.2) is 0 Å². The van der Waals surface area contributed by atoms with E-state index in [4.69, 9.17) is 0 Å². The monoisotopic (exact) mass is 267 g/mol. The van der Waals surface area contributed by atoms with E-state index in [9.17, 15) is 0 Å². The standard InChI is InChI=1S/C14H21NS2/c1-3-12(10-16-2)15-8-11-9-17-14-7-5-4-6-13(11)14/h4-7,11-12,15H,3,8-10H2,1-2H3. The Hall–Kier alpha value is -0.120. The van der Waals surface area contributed by atoms with E-state index in [-0.39, 0.29) is 0 Å².